The van der Waals surface area contributed by atoms with Crippen molar-refractivity contribution in [1.29, 1.82) is 0 Å². The maximum atomic E-state index is 13.0. The van der Waals surface area contributed by atoms with Gasteiger partial charge in [0.1, 0.15) is 5.54 Å². The van der Waals surface area contributed by atoms with Crippen LogP contribution in [-0.2, 0) is 17.4 Å². The molecule has 1 fully saturated rings. The molecule has 0 bridgehead atoms. The van der Waals surface area contributed by atoms with Gasteiger partial charge in [0.25, 0.3) is 5.91 Å². The molecule has 0 radical (unpaired) electrons. The lowest BCUT2D eigenvalue weighted by atomic mass is 9.92. The molecule has 0 aliphatic carbocycles. The third kappa shape index (κ3) is 3.13. The minimum atomic E-state index is -1.36. The van der Waals surface area contributed by atoms with E-state index in [2.05, 4.69) is 5.32 Å². The van der Waals surface area contributed by atoms with E-state index in [1.807, 2.05) is 25.5 Å². The molecule has 3 amide bonds. The highest BCUT2D eigenvalue weighted by Gasteiger charge is 2.50. The van der Waals surface area contributed by atoms with Crippen molar-refractivity contribution in [3.8, 4) is 0 Å². The molecule has 1 aliphatic rings. The van der Waals surface area contributed by atoms with E-state index in [1.54, 1.807) is 25.1 Å². The Labute approximate surface area is 167 Å². The predicted octanol–water partition coefficient (Wildman–Crippen LogP) is 3.60. The first-order valence-corrected chi connectivity index (χ1v) is 9.07. The smallest absolute Gasteiger partial charge is 0.325 e. The number of benzene rings is 1. The number of urea groups is 1. The summed E-state index contributed by atoms with van der Waals surface area (Å²) in [7, 11) is 1.86. The van der Waals surface area contributed by atoms with Crippen LogP contribution in [0.25, 0.3) is 0 Å². The first kappa shape index (κ1) is 19.5. The lowest BCUT2D eigenvalue weighted by Crippen LogP contribution is -2.41. The number of halogens is 2. The molecule has 1 atom stereocenters. The topological polar surface area (TPSA) is 71.4 Å². The van der Waals surface area contributed by atoms with Crippen LogP contribution in [0.3, 0.4) is 0 Å². The summed E-state index contributed by atoms with van der Waals surface area (Å²) in [6.07, 6.45) is 0. The maximum Gasteiger partial charge on any atom is 0.325 e. The highest BCUT2D eigenvalue weighted by molar-refractivity contribution is 6.35. The Morgan fingerprint density at radius 3 is 2.41 bits per heavy atom. The number of imide groups is 1. The highest BCUT2D eigenvalue weighted by atomic mass is 35.5. The van der Waals surface area contributed by atoms with Crippen molar-refractivity contribution in [2.75, 3.05) is 6.54 Å². The quantitative estimate of drug-likeness (QED) is 0.621. The van der Waals surface area contributed by atoms with E-state index in [0.717, 1.165) is 16.3 Å². The number of hydrogen-bond donors (Lipinski definition) is 1. The largest absolute Gasteiger partial charge is 0.351 e. The molecular weight excluding hydrogens is 389 g/mol. The fourth-order valence-electron chi connectivity index (χ4n) is 3.28. The van der Waals surface area contributed by atoms with Crippen LogP contribution >= 0.6 is 23.2 Å². The molecule has 2 heterocycles. The summed E-state index contributed by atoms with van der Waals surface area (Å²) in [5.74, 6) is -0.832. The number of aromatic nitrogens is 1. The summed E-state index contributed by atoms with van der Waals surface area (Å²) >= 11 is 12.1. The molecule has 1 saturated heterocycles. The second-order valence-electron chi connectivity index (χ2n) is 6.84. The van der Waals surface area contributed by atoms with Crippen LogP contribution in [0.2, 0.25) is 10.0 Å². The summed E-state index contributed by atoms with van der Waals surface area (Å²) < 4.78 is 1.89. The first-order chi connectivity index (χ1) is 12.6. The van der Waals surface area contributed by atoms with Gasteiger partial charge in [-0.25, -0.2) is 4.79 Å². The number of rotatable bonds is 4. The molecular formula is C19H19Cl2N3O3. The summed E-state index contributed by atoms with van der Waals surface area (Å²) in [4.78, 5) is 39.1. The molecule has 1 N–H and O–H groups in total. The molecule has 1 aromatic heterocycles. The Balaban J connectivity index is 1.90. The molecule has 1 aromatic carbocycles. The van der Waals surface area contributed by atoms with Crippen molar-refractivity contribution >= 4 is 40.9 Å². The lowest BCUT2D eigenvalue weighted by molar-refractivity contribution is -0.130. The van der Waals surface area contributed by atoms with Gasteiger partial charge in [-0.3, -0.25) is 14.5 Å². The van der Waals surface area contributed by atoms with Crippen molar-refractivity contribution in [3.05, 3.63) is 56.8 Å². The van der Waals surface area contributed by atoms with Gasteiger partial charge in [-0.2, -0.15) is 0 Å². The van der Waals surface area contributed by atoms with E-state index in [-0.39, 0.29) is 17.4 Å². The Morgan fingerprint density at radius 2 is 1.85 bits per heavy atom. The lowest BCUT2D eigenvalue weighted by Gasteiger charge is -2.23. The average Bonchev–Trinajstić information content (AvgIpc) is 2.97. The van der Waals surface area contributed by atoms with Crippen molar-refractivity contribution in [2.45, 2.75) is 26.3 Å². The summed E-state index contributed by atoms with van der Waals surface area (Å²) in [5, 5.41) is 3.33. The van der Waals surface area contributed by atoms with E-state index in [0.29, 0.717) is 16.1 Å². The fourth-order valence-corrected chi connectivity index (χ4v) is 3.88. The number of ketones is 1. The standard InChI is InChI=1S/C19H19Cl2N3O3/c1-10-7-13(11(2)23(10)4)16(25)9-24-17(26)19(3,22-18(24)27)14-6-5-12(20)8-15(14)21/h5-8H,9H2,1-4H3,(H,22,27)/t19-/m0/s1. The molecule has 0 saturated carbocycles. The van der Waals surface area contributed by atoms with Gasteiger partial charge in [-0.15, -0.1) is 0 Å². The zero-order valence-electron chi connectivity index (χ0n) is 15.4. The maximum absolute atomic E-state index is 13.0. The molecule has 27 heavy (non-hydrogen) atoms. The van der Waals surface area contributed by atoms with Crippen molar-refractivity contribution in [3.63, 3.8) is 0 Å². The molecule has 3 rings (SSSR count). The van der Waals surface area contributed by atoms with E-state index in [9.17, 15) is 14.4 Å². The van der Waals surface area contributed by atoms with Crippen molar-refractivity contribution in [1.82, 2.24) is 14.8 Å². The van der Waals surface area contributed by atoms with Gasteiger partial charge in [0.05, 0.1) is 6.54 Å². The van der Waals surface area contributed by atoms with Crippen molar-refractivity contribution in [2.24, 2.45) is 7.05 Å². The molecule has 8 heteroatoms. The van der Waals surface area contributed by atoms with Crippen LogP contribution in [0.1, 0.15) is 34.2 Å². The van der Waals surface area contributed by atoms with Gasteiger partial charge in [-0.1, -0.05) is 29.3 Å². The number of carbonyl (C=O) groups excluding carboxylic acids is 3. The van der Waals surface area contributed by atoms with Gasteiger partial charge in [0, 0.05) is 39.6 Å². The zero-order chi connectivity index (χ0) is 20.1. The number of hydrogen-bond acceptors (Lipinski definition) is 3. The minimum Gasteiger partial charge on any atom is -0.351 e. The third-order valence-corrected chi connectivity index (χ3v) is 5.67. The summed E-state index contributed by atoms with van der Waals surface area (Å²) in [6.45, 7) is 4.93. The number of amides is 3. The summed E-state index contributed by atoms with van der Waals surface area (Å²) in [6, 6.07) is 5.82. The molecule has 0 spiro atoms. The minimum absolute atomic E-state index is 0.265. The average molecular weight is 408 g/mol. The van der Waals surface area contributed by atoms with Crippen LogP contribution in [0.5, 0.6) is 0 Å². The SMILES string of the molecule is Cc1cc(C(=O)CN2C(=O)N[C@@](C)(c3ccc(Cl)cc3Cl)C2=O)c(C)n1C. The molecule has 6 nitrogen and oxygen atoms in total. The fraction of sp³-hybridized carbons (Fsp3) is 0.316. The second kappa shape index (κ2) is 6.69. The van der Waals surface area contributed by atoms with Crippen LogP contribution in [0.15, 0.2) is 24.3 Å². The molecule has 1 aliphatic heterocycles. The second-order valence-corrected chi connectivity index (χ2v) is 7.68. The van der Waals surface area contributed by atoms with Gasteiger partial charge in [-0.05, 0) is 39.0 Å². The van der Waals surface area contributed by atoms with E-state index in [4.69, 9.17) is 23.2 Å². The normalized spacial score (nSPS) is 19.6. The summed E-state index contributed by atoms with van der Waals surface area (Å²) in [5.41, 5.74) is 1.27. The number of nitrogens with zero attached hydrogens (tertiary/aromatic N) is 2. The monoisotopic (exact) mass is 407 g/mol. The highest BCUT2D eigenvalue weighted by Crippen LogP contribution is 2.35. The Hall–Kier alpha value is -2.31. The Morgan fingerprint density at radius 1 is 1.19 bits per heavy atom. The van der Waals surface area contributed by atoms with Crippen LogP contribution < -0.4 is 5.32 Å². The third-order valence-electron chi connectivity index (χ3n) is 5.12. The zero-order valence-corrected chi connectivity index (χ0v) is 16.9. The predicted molar refractivity (Wildman–Crippen MR) is 103 cm³/mol. The number of nitrogens with one attached hydrogen (secondary N) is 1. The number of aryl methyl sites for hydroxylation is 1. The van der Waals surface area contributed by atoms with E-state index in [1.165, 1.54) is 6.07 Å². The number of carbonyl (C=O) groups is 3. The van der Waals surface area contributed by atoms with Crippen LogP contribution in [0.4, 0.5) is 4.79 Å². The van der Waals surface area contributed by atoms with Crippen molar-refractivity contribution < 1.29 is 14.4 Å². The van der Waals surface area contributed by atoms with E-state index >= 15 is 0 Å². The first-order valence-electron chi connectivity index (χ1n) is 8.32. The molecule has 0 unspecified atom stereocenters. The van der Waals surface area contributed by atoms with E-state index < -0.39 is 17.5 Å². The van der Waals surface area contributed by atoms with Gasteiger partial charge in [0.2, 0.25) is 0 Å². The molecule has 2 aromatic rings. The van der Waals surface area contributed by atoms with Gasteiger partial charge < -0.3 is 9.88 Å². The van der Waals surface area contributed by atoms with Crippen LogP contribution in [0, 0.1) is 13.8 Å². The van der Waals surface area contributed by atoms with Crippen LogP contribution in [-0.4, -0.2) is 33.7 Å². The molecule has 142 valence electrons. The van der Waals surface area contributed by atoms with Gasteiger partial charge >= 0.3 is 6.03 Å². The Kier molecular flexibility index (Phi) is 4.82. The number of Topliss-reactive ketones (excluding diaryl/α,β-unsaturated/α-hetero) is 1. The Bertz CT molecular complexity index is 983. The van der Waals surface area contributed by atoms with Gasteiger partial charge in [0.15, 0.2) is 5.78 Å².